The lowest BCUT2D eigenvalue weighted by Crippen LogP contribution is -2.48. The lowest BCUT2D eigenvalue weighted by molar-refractivity contribution is -0.231. The number of hydrogen-bond acceptors (Lipinski definition) is 9. The molecule has 208 valence electrons. The third-order valence-corrected chi connectivity index (χ3v) is 6.42. The van der Waals surface area contributed by atoms with Crippen LogP contribution in [-0.2, 0) is 20.8 Å². The van der Waals surface area contributed by atoms with E-state index >= 15 is 0 Å². The van der Waals surface area contributed by atoms with Crippen LogP contribution >= 0.6 is 0 Å². The first-order valence-electron chi connectivity index (χ1n) is 12.9. The van der Waals surface area contributed by atoms with E-state index in [4.69, 9.17) is 19.6 Å². The molecular formula is C28H30FN7O4. The van der Waals surface area contributed by atoms with E-state index in [1.807, 2.05) is 12.1 Å². The third-order valence-electron chi connectivity index (χ3n) is 6.42. The minimum Gasteiger partial charge on any atom is -0.396 e. The molecule has 0 aliphatic carbocycles. The Balaban J connectivity index is 1.38. The summed E-state index contributed by atoms with van der Waals surface area (Å²) in [5, 5.41) is 15.0. The average Bonchev–Trinajstić information content (AvgIpc) is 3.43. The average molecular weight is 548 g/mol. The lowest BCUT2D eigenvalue weighted by atomic mass is 9.91. The van der Waals surface area contributed by atoms with E-state index < -0.39 is 11.7 Å². The zero-order valence-corrected chi connectivity index (χ0v) is 21.9. The van der Waals surface area contributed by atoms with Crippen molar-refractivity contribution in [3.63, 3.8) is 0 Å². The number of nitrogens with one attached hydrogen (secondary N) is 3. The molecule has 4 N–H and O–H groups in total. The summed E-state index contributed by atoms with van der Waals surface area (Å²) in [5.74, 6) is 0.232. The Kier molecular flexibility index (Phi) is 8.39. The lowest BCUT2D eigenvalue weighted by Gasteiger charge is -2.35. The van der Waals surface area contributed by atoms with Crippen LogP contribution in [0.1, 0.15) is 31.0 Å². The van der Waals surface area contributed by atoms with Crippen molar-refractivity contribution < 1.29 is 23.8 Å². The van der Waals surface area contributed by atoms with Crippen molar-refractivity contribution in [1.29, 1.82) is 0 Å². The van der Waals surface area contributed by atoms with Crippen molar-refractivity contribution in [3.8, 4) is 22.6 Å². The Morgan fingerprint density at radius 2 is 1.95 bits per heavy atom. The van der Waals surface area contributed by atoms with E-state index in [2.05, 4.69) is 30.6 Å². The number of carbonyl (C=O) groups is 1. The number of aliphatic hydroxyl groups is 1. The number of carbonyl (C=O) groups excluding carboxylic acids is 1. The summed E-state index contributed by atoms with van der Waals surface area (Å²) in [6, 6.07) is 11.6. The number of imidazole rings is 1. The quantitative estimate of drug-likeness (QED) is 0.220. The number of pyridine rings is 1. The summed E-state index contributed by atoms with van der Waals surface area (Å²) >= 11 is 0. The molecule has 1 fully saturated rings. The molecule has 1 aliphatic rings. The fraction of sp³-hybridized carbons (Fsp3) is 0.321. The number of aromatic amines is 1. The van der Waals surface area contributed by atoms with Crippen molar-refractivity contribution in [3.05, 3.63) is 78.3 Å². The number of H-pyrrole nitrogens is 1. The second kappa shape index (κ2) is 12.3. The second-order valence-corrected chi connectivity index (χ2v) is 9.68. The molecule has 1 aromatic carbocycles. The van der Waals surface area contributed by atoms with Crippen molar-refractivity contribution in [2.24, 2.45) is 5.41 Å². The van der Waals surface area contributed by atoms with E-state index in [0.717, 1.165) is 5.56 Å². The van der Waals surface area contributed by atoms with Crippen molar-refractivity contribution in [2.45, 2.75) is 26.2 Å². The number of ether oxygens (including phenoxy) is 2. The summed E-state index contributed by atoms with van der Waals surface area (Å²) in [6.45, 7) is 2.84. The molecule has 0 atom stereocenters. The minimum absolute atomic E-state index is 0.00230. The third kappa shape index (κ3) is 6.30. The summed E-state index contributed by atoms with van der Waals surface area (Å²) in [5.41, 5.74) is 2.44. The van der Waals surface area contributed by atoms with Gasteiger partial charge < -0.3 is 30.2 Å². The van der Waals surface area contributed by atoms with E-state index in [9.17, 15) is 9.18 Å². The molecule has 11 nitrogen and oxygen atoms in total. The Hall–Kier alpha value is -4.26. The highest BCUT2D eigenvalue weighted by molar-refractivity contribution is 5.82. The smallest absolute Gasteiger partial charge is 0.230 e. The molecule has 1 saturated heterocycles. The Labute approximate surface area is 230 Å². The van der Waals surface area contributed by atoms with Gasteiger partial charge in [-0.25, -0.2) is 19.3 Å². The molecule has 40 heavy (non-hydrogen) atoms. The Morgan fingerprint density at radius 1 is 1.15 bits per heavy atom. The number of nitrogens with zero attached hydrogens (tertiary/aromatic N) is 4. The van der Waals surface area contributed by atoms with Crippen LogP contribution in [0.25, 0.3) is 22.6 Å². The van der Waals surface area contributed by atoms with Gasteiger partial charge in [0.1, 0.15) is 5.82 Å². The SMILES string of the molecule is CC1(C(=O)NCCCO)COC(c2nc(-c3ccc(F)cc3)c(-c3ccnc(NCc4cccnc4)n3)[nH]2)OC1. The number of amides is 1. The number of hydrogen-bond donors (Lipinski definition) is 4. The molecule has 0 unspecified atom stereocenters. The van der Waals surface area contributed by atoms with Gasteiger partial charge in [-0.05, 0) is 55.3 Å². The molecule has 4 aromatic rings. The van der Waals surface area contributed by atoms with Gasteiger partial charge in [0, 0.05) is 43.9 Å². The monoisotopic (exact) mass is 547 g/mol. The van der Waals surface area contributed by atoms with Gasteiger partial charge in [0.25, 0.3) is 0 Å². The predicted molar refractivity (Wildman–Crippen MR) is 144 cm³/mol. The van der Waals surface area contributed by atoms with Crippen LogP contribution in [0.15, 0.2) is 61.1 Å². The van der Waals surface area contributed by atoms with Gasteiger partial charge in [0.05, 0.1) is 35.7 Å². The van der Waals surface area contributed by atoms with Gasteiger partial charge in [-0.2, -0.15) is 0 Å². The molecule has 0 saturated carbocycles. The fourth-order valence-corrected chi connectivity index (χ4v) is 4.16. The topological polar surface area (TPSA) is 147 Å². The largest absolute Gasteiger partial charge is 0.396 e. The van der Waals surface area contributed by atoms with Crippen LogP contribution in [-0.4, -0.2) is 62.3 Å². The van der Waals surface area contributed by atoms with E-state index in [1.54, 1.807) is 43.7 Å². The van der Waals surface area contributed by atoms with Crippen LogP contribution in [0, 0.1) is 11.2 Å². The van der Waals surface area contributed by atoms with Gasteiger partial charge in [0.15, 0.2) is 5.82 Å². The molecular weight excluding hydrogens is 517 g/mol. The minimum atomic E-state index is -0.886. The summed E-state index contributed by atoms with van der Waals surface area (Å²) < 4.78 is 25.6. The predicted octanol–water partition coefficient (Wildman–Crippen LogP) is 3.23. The second-order valence-electron chi connectivity index (χ2n) is 9.68. The highest BCUT2D eigenvalue weighted by Gasteiger charge is 2.40. The van der Waals surface area contributed by atoms with E-state index in [-0.39, 0.29) is 31.5 Å². The fourth-order valence-electron chi connectivity index (χ4n) is 4.16. The van der Waals surface area contributed by atoms with Gasteiger partial charge in [-0.3, -0.25) is 9.78 Å². The van der Waals surface area contributed by atoms with Crippen molar-refractivity contribution in [2.75, 3.05) is 31.7 Å². The number of anilines is 1. The number of benzene rings is 1. The van der Waals surface area contributed by atoms with Crippen LogP contribution in [0.5, 0.6) is 0 Å². The van der Waals surface area contributed by atoms with Gasteiger partial charge in [0.2, 0.25) is 18.1 Å². The maximum absolute atomic E-state index is 13.7. The summed E-state index contributed by atoms with van der Waals surface area (Å²) in [6.07, 6.45) is 4.73. The normalized spacial score (nSPS) is 18.8. The number of aromatic nitrogens is 5. The van der Waals surface area contributed by atoms with E-state index in [0.29, 0.717) is 53.9 Å². The summed E-state index contributed by atoms with van der Waals surface area (Å²) in [4.78, 5) is 33.8. The number of halogens is 1. The molecule has 0 bridgehead atoms. The maximum Gasteiger partial charge on any atom is 0.230 e. The molecule has 1 amide bonds. The standard InChI is InChI=1S/C28H30FN7O4/c1-28(26(38)31-11-3-13-37)16-39-25(40-17-28)24-35-22(19-5-7-20(29)8-6-19)23(36-24)21-9-12-32-27(34-21)33-15-18-4-2-10-30-14-18/h2,4-10,12,14,25,37H,3,11,13,15-17H2,1H3,(H,31,38)(H,35,36)(H,32,33,34). The summed E-state index contributed by atoms with van der Waals surface area (Å²) in [7, 11) is 0. The Morgan fingerprint density at radius 3 is 2.67 bits per heavy atom. The van der Waals surface area contributed by atoms with Crippen LogP contribution < -0.4 is 10.6 Å². The van der Waals surface area contributed by atoms with Gasteiger partial charge in [-0.15, -0.1) is 0 Å². The molecule has 0 spiro atoms. The molecule has 3 aromatic heterocycles. The van der Waals surface area contributed by atoms with Crippen molar-refractivity contribution in [1.82, 2.24) is 30.2 Å². The highest BCUT2D eigenvalue weighted by atomic mass is 19.1. The number of aliphatic hydroxyl groups excluding tert-OH is 1. The van der Waals surface area contributed by atoms with Crippen LogP contribution in [0.3, 0.4) is 0 Å². The first-order valence-corrected chi connectivity index (χ1v) is 12.9. The highest BCUT2D eigenvalue weighted by Crippen LogP contribution is 2.35. The molecule has 5 rings (SSSR count). The van der Waals surface area contributed by atoms with E-state index in [1.165, 1.54) is 12.1 Å². The van der Waals surface area contributed by atoms with Gasteiger partial charge in [-0.1, -0.05) is 6.07 Å². The zero-order chi connectivity index (χ0) is 28.0. The van der Waals surface area contributed by atoms with Crippen LogP contribution in [0.2, 0.25) is 0 Å². The molecule has 12 heteroatoms. The first kappa shape index (κ1) is 27.3. The molecule has 0 radical (unpaired) electrons. The Bertz CT molecular complexity index is 1420. The van der Waals surface area contributed by atoms with Gasteiger partial charge >= 0.3 is 0 Å². The van der Waals surface area contributed by atoms with Crippen molar-refractivity contribution >= 4 is 11.9 Å². The molecule has 4 heterocycles. The molecule has 1 aliphatic heterocycles. The maximum atomic E-state index is 13.7. The first-order chi connectivity index (χ1) is 19.4. The van der Waals surface area contributed by atoms with Crippen LogP contribution in [0.4, 0.5) is 10.3 Å². The number of rotatable bonds is 10. The zero-order valence-electron chi connectivity index (χ0n) is 21.9.